The minimum atomic E-state index is 0.0872. The summed E-state index contributed by atoms with van der Waals surface area (Å²) >= 11 is 0. The van der Waals surface area contributed by atoms with Gasteiger partial charge in [0.25, 0.3) is 0 Å². The molecular weight excluding hydrogens is 288 g/mol. The molecule has 1 saturated carbocycles. The number of nitrogens with zero attached hydrogens (tertiary/aromatic N) is 2. The predicted octanol–water partition coefficient (Wildman–Crippen LogP) is 3.42. The van der Waals surface area contributed by atoms with E-state index in [1.807, 2.05) is 6.20 Å². The average Bonchev–Trinajstić information content (AvgIpc) is 3.01. The minimum absolute atomic E-state index is 0.0872. The van der Waals surface area contributed by atoms with Gasteiger partial charge in [0.2, 0.25) is 0 Å². The van der Waals surface area contributed by atoms with Gasteiger partial charge in [-0.15, -0.1) is 0 Å². The molecule has 1 aliphatic heterocycles. The highest BCUT2D eigenvalue weighted by atomic mass is 16.5. The van der Waals surface area contributed by atoms with E-state index < -0.39 is 0 Å². The lowest BCUT2D eigenvalue weighted by Crippen LogP contribution is -2.32. The van der Waals surface area contributed by atoms with Gasteiger partial charge in [-0.3, -0.25) is 0 Å². The molecule has 0 bridgehead atoms. The van der Waals surface area contributed by atoms with Gasteiger partial charge in [-0.1, -0.05) is 0 Å². The second-order valence-corrected chi connectivity index (χ2v) is 6.94. The Hall–Kier alpha value is -1.59. The summed E-state index contributed by atoms with van der Waals surface area (Å²) in [5.74, 6) is 0. The van der Waals surface area contributed by atoms with Crippen LogP contribution in [0, 0.1) is 0 Å². The number of nitrogens with one attached hydrogen (secondary N) is 1. The van der Waals surface area contributed by atoms with E-state index in [9.17, 15) is 0 Å². The van der Waals surface area contributed by atoms with Gasteiger partial charge < -0.3 is 15.8 Å². The molecule has 1 atom stereocenters. The highest BCUT2D eigenvalue weighted by Gasteiger charge is 2.20. The van der Waals surface area contributed by atoms with Crippen LogP contribution in [0.2, 0.25) is 0 Å². The van der Waals surface area contributed by atoms with E-state index in [0.29, 0.717) is 12.1 Å². The molecule has 1 aliphatic carbocycles. The first-order valence-corrected chi connectivity index (χ1v) is 8.90. The second kappa shape index (κ2) is 6.49. The van der Waals surface area contributed by atoms with Crippen molar-refractivity contribution in [3.05, 3.63) is 24.4 Å². The lowest BCUT2D eigenvalue weighted by molar-refractivity contribution is -0.0366. The maximum atomic E-state index is 6.00. The molecule has 0 spiro atoms. The van der Waals surface area contributed by atoms with Gasteiger partial charge in [-0.2, -0.15) is 5.10 Å². The molecule has 4 rings (SSSR count). The lowest BCUT2D eigenvalue weighted by Gasteiger charge is -2.28. The summed E-state index contributed by atoms with van der Waals surface area (Å²) in [6.45, 7) is 0.840. The van der Waals surface area contributed by atoms with Gasteiger partial charge in [0, 0.05) is 29.8 Å². The second-order valence-electron chi connectivity index (χ2n) is 6.94. The first-order valence-electron chi connectivity index (χ1n) is 8.90. The van der Waals surface area contributed by atoms with Crippen LogP contribution in [-0.2, 0) is 4.74 Å². The molecule has 2 heterocycles. The number of nitrogens with two attached hydrogens (primary N) is 1. The van der Waals surface area contributed by atoms with Crippen LogP contribution in [0.25, 0.3) is 10.9 Å². The Labute approximate surface area is 137 Å². The molecule has 23 heavy (non-hydrogen) atoms. The van der Waals surface area contributed by atoms with Gasteiger partial charge >= 0.3 is 0 Å². The molecule has 1 saturated heterocycles. The fourth-order valence-electron chi connectivity index (χ4n) is 3.77. The Bertz CT molecular complexity index is 654. The quantitative estimate of drug-likeness (QED) is 0.911. The van der Waals surface area contributed by atoms with Crippen molar-refractivity contribution in [3.8, 4) is 0 Å². The predicted molar refractivity (Wildman–Crippen MR) is 92.4 cm³/mol. The molecule has 2 aromatic rings. The van der Waals surface area contributed by atoms with Crippen molar-refractivity contribution in [1.82, 2.24) is 9.78 Å². The Morgan fingerprint density at radius 3 is 2.78 bits per heavy atom. The lowest BCUT2D eigenvalue weighted by atomic mass is 9.91. The number of aromatic nitrogens is 2. The van der Waals surface area contributed by atoms with Gasteiger partial charge in [-0.05, 0) is 63.1 Å². The Balaban J connectivity index is 1.54. The Kier molecular flexibility index (Phi) is 4.23. The Morgan fingerprint density at radius 2 is 2.00 bits per heavy atom. The van der Waals surface area contributed by atoms with E-state index in [0.717, 1.165) is 50.6 Å². The summed E-state index contributed by atoms with van der Waals surface area (Å²) in [4.78, 5) is 0. The number of hydrogen-bond donors (Lipinski definition) is 2. The van der Waals surface area contributed by atoms with Crippen molar-refractivity contribution in [1.29, 1.82) is 0 Å². The van der Waals surface area contributed by atoms with Crippen molar-refractivity contribution in [2.24, 2.45) is 5.73 Å². The van der Waals surface area contributed by atoms with Crippen LogP contribution in [0.3, 0.4) is 0 Å². The smallest absolute Gasteiger partial charge is 0.150 e. The van der Waals surface area contributed by atoms with Crippen LogP contribution < -0.4 is 11.1 Å². The standard InChI is InChI=1S/C18H26N4O/c19-14-5-8-15(9-6-14)21-16-7-4-13-12-20-22(17(13)11-16)18-3-1-2-10-23-18/h4,7,11-12,14-15,18,21H,1-3,5-6,8-10,19H2. The van der Waals surface area contributed by atoms with Crippen molar-refractivity contribution in [2.75, 3.05) is 11.9 Å². The maximum Gasteiger partial charge on any atom is 0.150 e. The highest BCUT2D eigenvalue weighted by molar-refractivity contribution is 5.82. The van der Waals surface area contributed by atoms with E-state index >= 15 is 0 Å². The average molecular weight is 314 g/mol. The van der Waals surface area contributed by atoms with Crippen molar-refractivity contribution >= 4 is 16.6 Å². The number of hydrogen-bond acceptors (Lipinski definition) is 4. The van der Waals surface area contributed by atoms with E-state index in [1.165, 1.54) is 17.5 Å². The number of ether oxygens (including phenoxy) is 1. The summed E-state index contributed by atoms with van der Waals surface area (Å²) < 4.78 is 7.95. The van der Waals surface area contributed by atoms with Crippen LogP contribution in [0.1, 0.15) is 51.2 Å². The van der Waals surface area contributed by atoms with Crippen LogP contribution in [0.15, 0.2) is 24.4 Å². The monoisotopic (exact) mass is 314 g/mol. The van der Waals surface area contributed by atoms with Crippen molar-refractivity contribution in [2.45, 2.75) is 63.3 Å². The minimum Gasteiger partial charge on any atom is -0.382 e. The summed E-state index contributed by atoms with van der Waals surface area (Å²) in [5, 5.41) is 9.42. The first-order chi connectivity index (χ1) is 11.3. The number of anilines is 1. The van der Waals surface area contributed by atoms with Crippen LogP contribution in [0.4, 0.5) is 5.69 Å². The SMILES string of the molecule is NC1CCC(Nc2ccc3cnn(C4CCCCO4)c3c2)CC1. The van der Waals surface area contributed by atoms with Gasteiger partial charge in [0.15, 0.2) is 6.23 Å². The molecule has 3 N–H and O–H groups in total. The fourth-order valence-corrected chi connectivity index (χ4v) is 3.77. The van der Waals surface area contributed by atoms with Crippen LogP contribution >= 0.6 is 0 Å². The number of fused-ring (bicyclic) bond motifs is 1. The third kappa shape index (κ3) is 3.21. The van der Waals surface area contributed by atoms with E-state index in [2.05, 4.69) is 33.3 Å². The zero-order valence-corrected chi connectivity index (χ0v) is 13.6. The Morgan fingerprint density at radius 1 is 1.13 bits per heavy atom. The highest BCUT2D eigenvalue weighted by Crippen LogP contribution is 2.28. The van der Waals surface area contributed by atoms with Crippen molar-refractivity contribution < 1.29 is 4.74 Å². The number of rotatable bonds is 3. The van der Waals surface area contributed by atoms with Gasteiger partial charge in [0.05, 0.1) is 11.7 Å². The summed E-state index contributed by atoms with van der Waals surface area (Å²) in [5.41, 5.74) is 8.34. The van der Waals surface area contributed by atoms with Crippen LogP contribution in [-0.4, -0.2) is 28.5 Å². The van der Waals surface area contributed by atoms with Gasteiger partial charge in [-0.25, -0.2) is 4.68 Å². The van der Waals surface area contributed by atoms with Gasteiger partial charge in [0.1, 0.15) is 0 Å². The van der Waals surface area contributed by atoms with E-state index in [1.54, 1.807) is 0 Å². The molecule has 1 aromatic carbocycles. The third-order valence-electron chi connectivity index (χ3n) is 5.17. The maximum absolute atomic E-state index is 6.00. The molecule has 1 unspecified atom stereocenters. The fraction of sp³-hybridized carbons (Fsp3) is 0.611. The summed E-state index contributed by atoms with van der Waals surface area (Å²) in [6.07, 6.45) is 10.0. The van der Waals surface area contributed by atoms with E-state index in [4.69, 9.17) is 10.5 Å². The molecule has 0 radical (unpaired) electrons. The zero-order chi connectivity index (χ0) is 15.6. The molecule has 2 aliphatic rings. The molecule has 124 valence electrons. The molecule has 5 nitrogen and oxygen atoms in total. The zero-order valence-electron chi connectivity index (χ0n) is 13.6. The number of benzene rings is 1. The van der Waals surface area contributed by atoms with Crippen molar-refractivity contribution in [3.63, 3.8) is 0 Å². The van der Waals surface area contributed by atoms with E-state index in [-0.39, 0.29) is 6.23 Å². The normalized spacial score (nSPS) is 28.8. The summed E-state index contributed by atoms with van der Waals surface area (Å²) in [6, 6.07) is 7.45. The topological polar surface area (TPSA) is 65.1 Å². The molecular formula is C18H26N4O. The molecule has 5 heteroatoms. The first kappa shape index (κ1) is 15.0. The molecule has 0 amide bonds. The summed E-state index contributed by atoms with van der Waals surface area (Å²) in [7, 11) is 0. The molecule has 1 aromatic heterocycles. The van der Waals surface area contributed by atoms with Crippen LogP contribution in [0.5, 0.6) is 0 Å². The molecule has 2 fully saturated rings. The largest absolute Gasteiger partial charge is 0.382 e. The third-order valence-corrected chi connectivity index (χ3v) is 5.17.